The second kappa shape index (κ2) is 10.6. The Balaban J connectivity index is 3.03. The van der Waals surface area contributed by atoms with Crippen LogP contribution < -0.4 is 0 Å². The number of benzene rings is 1. The lowest BCUT2D eigenvalue weighted by Gasteiger charge is -2.42. The summed E-state index contributed by atoms with van der Waals surface area (Å²) >= 11 is 0. The highest BCUT2D eigenvalue weighted by atomic mass is 28.4. The second-order valence-corrected chi connectivity index (χ2v) is 13.4. The smallest absolute Gasteiger partial charge is 0.396 e. The second-order valence-electron chi connectivity index (χ2n) is 8.02. The minimum absolute atomic E-state index is 0.152. The average molecular weight is 376 g/mol. The van der Waals surface area contributed by atoms with Gasteiger partial charge < -0.3 is 9.33 Å². The fourth-order valence-corrected chi connectivity index (χ4v) is 9.17. The molecule has 0 unspecified atom stereocenters. The molecule has 3 nitrogen and oxygen atoms in total. The van der Waals surface area contributed by atoms with Crippen LogP contribution in [0.3, 0.4) is 0 Å². The molecule has 0 aromatic heterocycles. The van der Waals surface area contributed by atoms with Gasteiger partial charge in [0.15, 0.2) is 0 Å². The number of carbonyl (C=O) groups is 1. The molecule has 1 rings (SSSR count). The first kappa shape index (κ1) is 22.5. The molecule has 0 fully saturated rings. The number of allylic oxidation sites excluding steroid dienone is 1. The van der Waals surface area contributed by atoms with Gasteiger partial charge in [0.1, 0.15) is 0 Å². The average Bonchev–Trinajstić information content (AvgIpc) is 2.58. The van der Waals surface area contributed by atoms with Gasteiger partial charge in [0, 0.05) is 13.1 Å². The molecular weight excluding hydrogens is 338 g/mol. The standard InChI is InChI=1S/C22H37NO2Si/c1-8-9-13-16-23(17-21-14-11-10-12-15-21)22(24)25-26(18(2)3,19(4)5)20(6)7/h8,10-12,14-15,18-20H,1,9,13,16-17H2,2-7H3. The van der Waals surface area contributed by atoms with Gasteiger partial charge in [-0.1, -0.05) is 78.0 Å². The van der Waals surface area contributed by atoms with Gasteiger partial charge in [-0.3, -0.25) is 0 Å². The van der Waals surface area contributed by atoms with E-state index in [9.17, 15) is 4.79 Å². The molecule has 1 aromatic carbocycles. The number of unbranched alkanes of at least 4 members (excludes halogenated alkanes) is 1. The molecule has 26 heavy (non-hydrogen) atoms. The van der Waals surface area contributed by atoms with E-state index >= 15 is 0 Å². The molecule has 0 radical (unpaired) electrons. The fourth-order valence-electron chi connectivity index (χ4n) is 4.03. The zero-order chi connectivity index (χ0) is 19.7. The Labute approximate surface area is 161 Å². The van der Waals surface area contributed by atoms with Crippen molar-refractivity contribution in [1.29, 1.82) is 0 Å². The van der Waals surface area contributed by atoms with Gasteiger partial charge in [0.25, 0.3) is 8.32 Å². The van der Waals surface area contributed by atoms with E-state index in [1.807, 2.05) is 29.2 Å². The summed E-state index contributed by atoms with van der Waals surface area (Å²) in [5, 5.41) is 0. The SMILES string of the molecule is C=CCCCN(Cc1ccccc1)C(=O)O[Si](C(C)C)(C(C)C)C(C)C. The van der Waals surface area contributed by atoms with Crippen LogP contribution in [0.2, 0.25) is 16.6 Å². The maximum absolute atomic E-state index is 13.2. The Bertz CT molecular complexity index is 533. The Hall–Kier alpha value is -1.55. The highest BCUT2D eigenvalue weighted by Crippen LogP contribution is 2.42. The first-order chi connectivity index (χ1) is 12.3. The van der Waals surface area contributed by atoms with Crippen molar-refractivity contribution >= 4 is 14.4 Å². The van der Waals surface area contributed by atoms with Gasteiger partial charge in [0.05, 0.1) is 0 Å². The summed E-state index contributed by atoms with van der Waals surface area (Å²) in [7, 11) is -2.23. The Morgan fingerprint density at radius 2 is 1.62 bits per heavy atom. The highest BCUT2D eigenvalue weighted by Gasteiger charge is 2.48. The minimum atomic E-state index is -2.23. The topological polar surface area (TPSA) is 29.5 Å². The van der Waals surface area contributed by atoms with E-state index in [1.165, 1.54) is 0 Å². The summed E-state index contributed by atoms with van der Waals surface area (Å²) < 4.78 is 6.39. The van der Waals surface area contributed by atoms with Gasteiger partial charge in [-0.15, -0.1) is 6.58 Å². The molecule has 1 amide bonds. The van der Waals surface area contributed by atoms with E-state index in [0.29, 0.717) is 29.7 Å². The van der Waals surface area contributed by atoms with Crippen LogP contribution in [0, 0.1) is 0 Å². The van der Waals surface area contributed by atoms with E-state index in [-0.39, 0.29) is 6.09 Å². The number of hydrogen-bond donors (Lipinski definition) is 0. The molecule has 0 atom stereocenters. The molecule has 0 bridgehead atoms. The maximum Gasteiger partial charge on any atom is 0.396 e. The molecule has 0 aliphatic heterocycles. The first-order valence-electron chi connectivity index (χ1n) is 9.88. The first-order valence-corrected chi connectivity index (χ1v) is 12.0. The predicted octanol–water partition coefficient (Wildman–Crippen LogP) is 6.77. The van der Waals surface area contributed by atoms with Gasteiger partial charge in [0.2, 0.25) is 0 Å². The monoisotopic (exact) mass is 375 g/mol. The summed E-state index contributed by atoms with van der Waals surface area (Å²) in [6, 6.07) is 10.1. The molecule has 0 N–H and O–H groups in total. The van der Waals surface area contributed by atoms with Crippen molar-refractivity contribution in [2.45, 2.75) is 77.6 Å². The molecule has 0 aliphatic carbocycles. The molecule has 4 heteroatoms. The molecular formula is C22H37NO2Si. The van der Waals surface area contributed by atoms with Crippen LogP contribution >= 0.6 is 0 Å². The van der Waals surface area contributed by atoms with Crippen LogP contribution in [0.25, 0.3) is 0 Å². The summed E-state index contributed by atoms with van der Waals surface area (Å²) in [5.74, 6) is 0. The van der Waals surface area contributed by atoms with Crippen LogP contribution in [0.4, 0.5) is 4.79 Å². The summed E-state index contributed by atoms with van der Waals surface area (Å²) in [6.07, 6.45) is 3.56. The summed E-state index contributed by atoms with van der Waals surface area (Å²) in [4.78, 5) is 15.1. The molecule has 0 saturated carbocycles. The molecule has 146 valence electrons. The number of hydrogen-bond acceptors (Lipinski definition) is 2. The third-order valence-corrected chi connectivity index (χ3v) is 11.2. The Morgan fingerprint density at radius 1 is 1.08 bits per heavy atom. The maximum atomic E-state index is 13.2. The van der Waals surface area contributed by atoms with Crippen molar-refractivity contribution in [2.24, 2.45) is 0 Å². The van der Waals surface area contributed by atoms with E-state index < -0.39 is 8.32 Å². The Morgan fingerprint density at radius 3 is 2.08 bits per heavy atom. The number of nitrogens with zero attached hydrogens (tertiary/aromatic N) is 1. The van der Waals surface area contributed by atoms with Gasteiger partial charge in [-0.2, -0.15) is 0 Å². The van der Waals surface area contributed by atoms with Gasteiger partial charge >= 0.3 is 6.09 Å². The van der Waals surface area contributed by atoms with Gasteiger partial charge in [-0.05, 0) is 35.0 Å². The van der Waals surface area contributed by atoms with Crippen LogP contribution in [0.5, 0.6) is 0 Å². The molecule has 0 saturated heterocycles. The quantitative estimate of drug-likeness (QED) is 0.257. The molecule has 0 heterocycles. The van der Waals surface area contributed by atoms with Crippen LogP contribution in [-0.2, 0) is 11.0 Å². The Kier molecular flexibility index (Phi) is 9.13. The van der Waals surface area contributed by atoms with Crippen LogP contribution in [-0.4, -0.2) is 25.9 Å². The van der Waals surface area contributed by atoms with Crippen molar-refractivity contribution in [1.82, 2.24) is 4.90 Å². The van der Waals surface area contributed by atoms with E-state index in [0.717, 1.165) is 18.4 Å². The predicted molar refractivity (Wildman–Crippen MR) is 114 cm³/mol. The van der Waals surface area contributed by atoms with Crippen LogP contribution in [0.15, 0.2) is 43.0 Å². The van der Waals surface area contributed by atoms with Crippen molar-refractivity contribution in [3.63, 3.8) is 0 Å². The zero-order valence-corrected chi connectivity index (χ0v) is 18.5. The fraction of sp³-hybridized carbons (Fsp3) is 0.591. The minimum Gasteiger partial charge on any atom is -0.503 e. The third-order valence-electron chi connectivity index (χ3n) is 5.28. The number of carbonyl (C=O) groups excluding carboxylic acids is 1. The number of amides is 1. The highest BCUT2D eigenvalue weighted by molar-refractivity contribution is 6.78. The lowest BCUT2D eigenvalue weighted by molar-refractivity contribution is 0.142. The lowest BCUT2D eigenvalue weighted by atomic mass is 10.2. The van der Waals surface area contributed by atoms with Crippen molar-refractivity contribution in [3.05, 3.63) is 48.6 Å². The zero-order valence-electron chi connectivity index (χ0n) is 17.5. The van der Waals surface area contributed by atoms with Crippen molar-refractivity contribution in [2.75, 3.05) is 6.54 Å². The molecule has 0 spiro atoms. The van der Waals surface area contributed by atoms with E-state index in [4.69, 9.17) is 4.43 Å². The molecule has 1 aromatic rings. The normalized spacial score (nSPS) is 11.9. The van der Waals surface area contributed by atoms with Crippen molar-refractivity contribution in [3.8, 4) is 0 Å². The third kappa shape index (κ3) is 5.73. The van der Waals surface area contributed by atoms with Crippen LogP contribution in [0.1, 0.15) is 59.9 Å². The number of rotatable bonds is 10. The van der Waals surface area contributed by atoms with E-state index in [2.05, 4.69) is 60.3 Å². The summed E-state index contributed by atoms with van der Waals surface area (Å²) in [5.41, 5.74) is 2.29. The van der Waals surface area contributed by atoms with E-state index in [1.54, 1.807) is 0 Å². The summed E-state index contributed by atoms with van der Waals surface area (Å²) in [6.45, 7) is 18.3. The lowest BCUT2D eigenvalue weighted by Crippen LogP contribution is -2.51. The molecule has 0 aliphatic rings. The van der Waals surface area contributed by atoms with Gasteiger partial charge in [-0.25, -0.2) is 4.79 Å². The largest absolute Gasteiger partial charge is 0.503 e. The van der Waals surface area contributed by atoms with Crippen molar-refractivity contribution < 1.29 is 9.22 Å².